The number of anilines is 6. The molecule has 0 saturated carbocycles. The van der Waals surface area contributed by atoms with E-state index in [0.29, 0.717) is 0 Å². The van der Waals surface area contributed by atoms with Gasteiger partial charge in [-0.15, -0.1) is 46.4 Å². The van der Waals surface area contributed by atoms with E-state index < -0.39 is 0 Å². The first-order valence-corrected chi connectivity index (χ1v) is 24.1. The molecule has 12 aromatic rings. The number of para-hydroxylation sites is 4. The molecule has 0 saturated heterocycles. The third-order valence-electron chi connectivity index (χ3n) is 12.8. The second-order valence-corrected chi connectivity index (χ2v) is 17.7. The molecule has 0 fully saturated rings. The molecule has 8 heterocycles. The molecule has 6 aromatic heterocycles. The van der Waals surface area contributed by atoms with Crippen molar-refractivity contribution in [2.75, 3.05) is 33.7 Å². The topological polar surface area (TPSA) is 115 Å². The minimum Gasteiger partial charge on any atom is -0.502 e. The molecule has 14 rings (SSSR count). The first-order valence-electron chi connectivity index (χ1n) is 24.1. The van der Waals surface area contributed by atoms with Gasteiger partial charge in [-0.2, -0.15) is 25.5 Å². The molecule has 0 atom stereocenters. The van der Waals surface area contributed by atoms with E-state index in [2.05, 4.69) is 208 Å². The van der Waals surface area contributed by atoms with Gasteiger partial charge in [0.1, 0.15) is 11.6 Å². The Morgan fingerprint density at radius 1 is 0.408 bits per heavy atom. The molecule has 0 bridgehead atoms. The summed E-state index contributed by atoms with van der Waals surface area (Å²) < 4.78 is 4.57. The van der Waals surface area contributed by atoms with E-state index >= 15 is 0 Å². The fourth-order valence-corrected chi connectivity index (χ4v) is 9.42. The van der Waals surface area contributed by atoms with Crippen LogP contribution in [0.15, 0.2) is 207 Å². The molecule has 0 spiro atoms. The average Bonchev–Trinajstić information content (AvgIpc) is 4.17. The van der Waals surface area contributed by atoms with Crippen molar-refractivity contribution < 1.29 is 52.3 Å². The van der Waals surface area contributed by atoms with Gasteiger partial charge in [-0.1, -0.05) is 96.0 Å². The van der Waals surface area contributed by atoms with Crippen LogP contribution < -0.4 is 19.6 Å². The molecule has 380 valence electrons. The molecule has 0 aliphatic carbocycles. The molecule has 6 aromatic carbocycles. The van der Waals surface area contributed by atoms with Gasteiger partial charge in [0.25, 0.3) is 0 Å². The number of aromatic nitrogens is 6. The van der Waals surface area contributed by atoms with Crippen molar-refractivity contribution in [1.29, 1.82) is 0 Å². The van der Waals surface area contributed by atoms with Crippen LogP contribution in [0.25, 0.3) is 55.0 Å². The second-order valence-electron chi connectivity index (χ2n) is 17.7. The Kier molecular flexibility index (Phi) is 16.0. The minimum atomic E-state index is 0. The van der Waals surface area contributed by atoms with Crippen LogP contribution in [0, 0.1) is 39.3 Å². The zero-order valence-corrected chi connectivity index (χ0v) is 46.3. The van der Waals surface area contributed by atoms with E-state index in [1.165, 1.54) is 32.6 Å². The summed E-state index contributed by atoms with van der Waals surface area (Å²) in [6, 6.07) is 72.4. The van der Waals surface area contributed by atoms with Gasteiger partial charge in [0, 0.05) is 69.7 Å². The number of pyridine rings is 4. The van der Waals surface area contributed by atoms with Crippen molar-refractivity contribution in [3.8, 4) is 23.1 Å². The first kappa shape index (κ1) is 52.6. The van der Waals surface area contributed by atoms with Gasteiger partial charge in [-0.3, -0.25) is 0 Å². The quantitative estimate of drug-likeness (QED) is 0.165. The van der Waals surface area contributed by atoms with Gasteiger partial charge in [0.2, 0.25) is 11.8 Å². The predicted molar refractivity (Wildman–Crippen MR) is 299 cm³/mol. The van der Waals surface area contributed by atoms with Gasteiger partial charge < -0.3 is 38.9 Å². The van der Waals surface area contributed by atoms with E-state index in [1.54, 1.807) is 24.3 Å². The van der Waals surface area contributed by atoms with Crippen molar-refractivity contribution in [2.45, 2.75) is 13.8 Å². The predicted octanol–water partition coefficient (Wildman–Crippen LogP) is 13.6. The number of benzene rings is 6. The standard InChI is InChI=1S/2C25H18N4.2C6H7NO.2Pt/c2*1-27-17-28(25-23(27)12-7-15-26-25)19-13-14-21-20-10-5-6-11-22(20)29(24(21)16-19)18-8-3-2-4-9-18;2*1-5-3-2-4-6(8)7-5;;/h2*2-15,17H,1H3;2*2-4H,1H3,(H,7,8);;/q2*-2;;;2*+2. The molecular formula is C62H50N10O2Pt2. The summed E-state index contributed by atoms with van der Waals surface area (Å²) in [6.07, 6.45) is 3.66. The number of aryl methyl sites for hydroxylation is 2. The third-order valence-corrected chi connectivity index (χ3v) is 12.8. The molecular weight excluding hydrogens is 1310 g/mol. The Balaban J connectivity index is 0.000000141. The Hall–Kier alpha value is -8.30. The summed E-state index contributed by atoms with van der Waals surface area (Å²) in [5, 5.41) is 22.3. The van der Waals surface area contributed by atoms with Crippen LogP contribution in [0.3, 0.4) is 0 Å². The molecule has 2 N–H and O–H groups in total. The monoisotopic (exact) mass is 1360 g/mol. The number of hydrogen-bond acceptors (Lipinski definition) is 10. The summed E-state index contributed by atoms with van der Waals surface area (Å²) in [5.74, 6) is 2.02. The average molecular weight is 1360 g/mol. The summed E-state index contributed by atoms with van der Waals surface area (Å²) in [7, 11) is 4.08. The van der Waals surface area contributed by atoms with Gasteiger partial charge in [0.15, 0.2) is 0 Å². The van der Waals surface area contributed by atoms with Crippen LogP contribution in [0.5, 0.6) is 11.8 Å². The molecule has 0 amide bonds. The fraction of sp³-hybridized carbons (Fsp3) is 0.0645. The van der Waals surface area contributed by atoms with Crippen molar-refractivity contribution in [3.05, 3.63) is 243 Å². The SMILES string of the molecule is CN1[CH-]N(c2[c-]c3c(cc2)c2ccccc2n3-c2ccccc2)c2ncccc21.CN1[CH-]N(c2[c-]c3c(cc2)c2ccccc2n3-c2ccccc2)c2ncccc21.Cc1cccc(O)n1.Cc1cccc(O)n1.[Pt+2].[Pt+2]. The zero-order valence-electron chi connectivity index (χ0n) is 41.8. The minimum absolute atomic E-state index is 0. The van der Waals surface area contributed by atoms with Crippen LogP contribution >= 0.6 is 0 Å². The second kappa shape index (κ2) is 23.1. The van der Waals surface area contributed by atoms with Crippen LogP contribution in [0.1, 0.15) is 11.4 Å². The van der Waals surface area contributed by atoms with Gasteiger partial charge in [-0.05, 0) is 112 Å². The zero-order chi connectivity index (χ0) is 50.7. The number of nitrogens with zero attached hydrogens (tertiary/aromatic N) is 10. The van der Waals surface area contributed by atoms with Crippen LogP contribution in [-0.2, 0) is 42.1 Å². The molecule has 14 heteroatoms. The van der Waals surface area contributed by atoms with E-state index in [9.17, 15) is 0 Å². The fourth-order valence-electron chi connectivity index (χ4n) is 9.42. The smallest absolute Gasteiger partial charge is 0.502 e. The molecule has 12 nitrogen and oxygen atoms in total. The Morgan fingerprint density at radius 3 is 1.18 bits per heavy atom. The number of aromatic hydroxyl groups is 2. The maximum atomic E-state index is 8.70. The van der Waals surface area contributed by atoms with Crippen LogP contribution in [0.2, 0.25) is 0 Å². The summed E-state index contributed by atoms with van der Waals surface area (Å²) in [4.78, 5) is 25.0. The van der Waals surface area contributed by atoms with Crippen molar-refractivity contribution in [1.82, 2.24) is 29.1 Å². The maximum Gasteiger partial charge on any atom is 2.00 e. The molecule has 2 aliphatic rings. The van der Waals surface area contributed by atoms with Crippen LogP contribution in [-0.4, -0.2) is 53.4 Å². The van der Waals surface area contributed by atoms with E-state index in [0.717, 1.165) is 68.2 Å². The van der Waals surface area contributed by atoms with Gasteiger partial charge in [0.05, 0.1) is 0 Å². The summed E-state index contributed by atoms with van der Waals surface area (Å²) in [6.45, 7) is 7.79. The molecule has 0 unspecified atom stereocenters. The Morgan fingerprint density at radius 2 is 0.803 bits per heavy atom. The van der Waals surface area contributed by atoms with Crippen molar-refractivity contribution in [3.63, 3.8) is 0 Å². The summed E-state index contributed by atoms with van der Waals surface area (Å²) in [5.41, 5.74) is 12.6. The maximum absolute atomic E-state index is 8.70. The molecule has 2 aliphatic heterocycles. The van der Waals surface area contributed by atoms with Crippen molar-refractivity contribution in [2.24, 2.45) is 0 Å². The summed E-state index contributed by atoms with van der Waals surface area (Å²) >= 11 is 0. The third kappa shape index (κ3) is 10.5. The van der Waals surface area contributed by atoms with Gasteiger partial charge >= 0.3 is 42.1 Å². The van der Waals surface area contributed by atoms with E-state index in [-0.39, 0.29) is 53.9 Å². The van der Waals surface area contributed by atoms with E-state index in [1.807, 2.05) is 76.7 Å². The molecule has 76 heavy (non-hydrogen) atoms. The first-order chi connectivity index (χ1) is 36.2. The Labute approximate surface area is 470 Å². The van der Waals surface area contributed by atoms with Crippen LogP contribution in [0.4, 0.5) is 34.4 Å². The van der Waals surface area contributed by atoms with Crippen molar-refractivity contribution >= 4 is 78.0 Å². The number of rotatable bonds is 4. The number of hydrogen-bond donors (Lipinski definition) is 2. The Bertz CT molecular complexity index is 3660. The molecule has 0 radical (unpaired) electrons. The largest absolute Gasteiger partial charge is 2.00 e. The van der Waals surface area contributed by atoms with E-state index in [4.69, 9.17) is 10.2 Å². The number of fused-ring (bicyclic) bond motifs is 8. The normalized spacial score (nSPS) is 12.2. The van der Waals surface area contributed by atoms with Gasteiger partial charge in [-0.25, -0.2) is 19.9 Å².